The van der Waals surface area contributed by atoms with Crippen LogP contribution in [-0.4, -0.2) is 17.0 Å². The van der Waals surface area contributed by atoms with Crippen LogP contribution in [0.25, 0.3) is 11.3 Å². The van der Waals surface area contributed by atoms with Gasteiger partial charge in [0.15, 0.2) is 5.75 Å². The van der Waals surface area contributed by atoms with Crippen molar-refractivity contribution in [1.82, 2.24) is 4.98 Å². The minimum Gasteiger partial charge on any atom is -0.490 e. The van der Waals surface area contributed by atoms with Crippen molar-refractivity contribution in [3.8, 4) is 17.0 Å². The van der Waals surface area contributed by atoms with E-state index in [9.17, 15) is 10.1 Å². The van der Waals surface area contributed by atoms with Gasteiger partial charge in [0.2, 0.25) is 0 Å². The van der Waals surface area contributed by atoms with Crippen LogP contribution in [0.3, 0.4) is 0 Å². The largest absolute Gasteiger partial charge is 0.490 e. The fourth-order valence-electron chi connectivity index (χ4n) is 1.53. The SMILES string of the molecule is COc1ccc(-c2ccccn2)cc1[N+](=O)[O-]. The molecule has 17 heavy (non-hydrogen) atoms. The average molecular weight is 230 g/mol. The Morgan fingerprint density at radius 2 is 2.12 bits per heavy atom. The summed E-state index contributed by atoms with van der Waals surface area (Å²) in [4.78, 5) is 14.5. The summed E-state index contributed by atoms with van der Waals surface area (Å²) in [7, 11) is 1.41. The van der Waals surface area contributed by atoms with E-state index >= 15 is 0 Å². The second-order valence-electron chi connectivity index (χ2n) is 3.36. The molecule has 0 N–H and O–H groups in total. The van der Waals surface area contributed by atoms with Gasteiger partial charge in [-0.05, 0) is 24.3 Å². The molecule has 2 aromatic rings. The van der Waals surface area contributed by atoms with Gasteiger partial charge < -0.3 is 4.74 Å². The molecule has 1 heterocycles. The monoisotopic (exact) mass is 230 g/mol. The third kappa shape index (κ3) is 2.23. The fraction of sp³-hybridized carbons (Fsp3) is 0.0833. The summed E-state index contributed by atoms with van der Waals surface area (Å²) in [5.74, 6) is 0.245. The number of aromatic nitrogens is 1. The summed E-state index contributed by atoms with van der Waals surface area (Å²) in [6, 6.07) is 10.2. The lowest BCUT2D eigenvalue weighted by Crippen LogP contribution is -1.94. The van der Waals surface area contributed by atoms with Gasteiger partial charge in [0.1, 0.15) is 0 Å². The van der Waals surface area contributed by atoms with Gasteiger partial charge in [0, 0.05) is 17.8 Å². The zero-order valence-electron chi connectivity index (χ0n) is 9.16. The van der Waals surface area contributed by atoms with Gasteiger partial charge in [-0.15, -0.1) is 0 Å². The average Bonchev–Trinajstić information content (AvgIpc) is 2.39. The van der Waals surface area contributed by atoms with Gasteiger partial charge in [-0.25, -0.2) is 0 Å². The summed E-state index contributed by atoms with van der Waals surface area (Å²) >= 11 is 0. The zero-order chi connectivity index (χ0) is 12.3. The van der Waals surface area contributed by atoms with E-state index in [1.165, 1.54) is 13.2 Å². The van der Waals surface area contributed by atoms with Crippen LogP contribution in [-0.2, 0) is 0 Å². The predicted octanol–water partition coefficient (Wildman–Crippen LogP) is 2.67. The summed E-state index contributed by atoms with van der Waals surface area (Å²) in [6.07, 6.45) is 1.64. The highest BCUT2D eigenvalue weighted by Crippen LogP contribution is 2.31. The molecule has 0 aliphatic rings. The van der Waals surface area contributed by atoms with Gasteiger partial charge in [0.05, 0.1) is 17.7 Å². The fourth-order valence-corrected chi connectivity index (χ4v) is 1.53. The van der Waals surface area contributed by atoms with Crippen molar-refractivity contribution in [2.75, 3.05) is 7.11 Å². The second-order valence-corrected chi connectivity index (χ2v) is 3.36. The minimum absolute atomic E-state index is 0.0596. The maximum atomic E-state index is 10.9. The first kappa shape index (κ1) is 11.1. The first-order valence-corrected chi connectivity index (χ1v) is 4.96. The molecule has 0 radical (unpaired) electrons. The van der Waals surface area contributed by atoms with Gasteiger partial charge in [-0.2, -0.15) is 0 Å². The molecule has 0 aliphatic heterocycles. The molecule has 0 saturated heterocycles. The van der Waals surface area contributed by atoms with E-state index in [1.54, 1.807) is 30.5 Å². The lowest BCUT2D eigenvalue weighted by atomic mass is 10.1. The number of hydrogen-bond acceptors (Lipinski definition) is 4. The molecule has 5 nitrogen and oxygen atoms in total. The van der Waals surface area contributed by atoms with Crippen molar-refractivity contribution in [3.63, 3.8) is 0 Å². The topological polar surface area (TPSA) is 65.3 Å². The highest BCUT2D eigenvalue weighted by molar-refractivity contribution is 5.65. The van der Waals surface area contributed by atoms with Gasteiger partial charge in [-0.3, -0.25) is 15.1 Å². The van der Waals surface area contributed by atoms with Crippen molar-refractivity contribution in [3.05, 3.63) is 52.7 Å². The van der Waals surface area contributed by atoms with E-state index < -0.39 is 4.92 Å². The first-order valence-electron chi connectivity index (χ1n) is 4.96. The van der Waals surface area contributed by atoms with Crippen molar-refractivity contribution in [2.24, 2.45) is 0 Å². The number of benzene rings is 1. The molecular formula is C12H10N2O3. The highest BCUT2D eigenvalue weighted by Gasteiger charge is 2.15. The number of nitrogens with zero attached hydrogens (tertiary/aromatic N) is 2. The Bertz CT molecular complexity index is 541. The van der Waals surface area contributed by atoms with Crippen LogP contribution in [0.1, 0.15) is 0 Å². The number of methoxy groups -OCH3 is 1. The van der Waals surface area contributed by atoms with Gasteiger partial charge >= 0.3 is 5.69 Å². The zero-order valence-corrected chi connectivity index (χ0v) is 9.16. The molecule has 0 saturated carbocycles. The predicted molar refractivity (Wildman–Crippen MR) is 62.9 cm³/mol. The Hall–Kier alpha value is -2.43. The molecule has 1 aromatic heterocycles. The number of hydrogen-bond donors (Lipinski definition) is 0. The van der Waals surface area contributed by atoms with Crippen LogP contribution in [0.4, 0.5) is 5.69 Å². The molecule has 1 aromatic carbocycles. The third-order valence-electron chi connectivity index (χ3n) is 2.34. The van der Waals surface area contributed by atoms with Crippen molar-refractivity contribution in [2.45, 2.75) is 0 Å². The lowest BCUT2D eigenvalue weighted by molar-refractivity contribution is -0.385. The molecule has 0 spiro atoms. The Morgan fingerprint density at radius 1 is 1.29 bits per heavy atom. The van der Waals surface area contributed by atoms with E-state index in [-0.39, 0.29) is 11.4 Å². The van der Waals surface area contributed by atoms with Gasteiger partial charge in [0.25, 0.3) is 0 Å². The molecule has 2 rings (SSSR count). The van der Waals surface area contributed by atoms with E-state index in [0.29, 0.717) is 11.3 Å². The molecule has 0 unspecified atom stereocenters. The molecule has 0 fully saturated rings. The van der Waals surface area contributed by atoms with Crippen molar-refractivity contribution >= 4 is 5.69 Å². The maximum Gasteiger partial charge on any atom is 0.311 e. The van der Waals surface area contributed by atoms with E-state index in [1.807, 2.05) is 6.07 Å². The molecule has 86 valence electrons. The Labute approximate surface area is 97.8 Å². The van der Waals surface area contributed by atoms with Gasteiger partial charge in [-0.1, -0.05) is 6.07 Å². The Morgan fingerprint density at radius 3 is 2.71 bits per heavy atom. The number of nitro benzene ring substituents is 1. The molecule has 0 bridgehead atoms. The number of ether oxygens (including phenoxy) is 1. The second kappa shape index (κ2) is 4.61. The molecule has 0 atom stereocenters. The standard InChI is InChI=1S/C12H10N2O3/c1-17-12-6-5-9(8-11(12)14(15)16)10-4-2-3-7-13-10/h2-8H,1H3. The number of rotatable bonds is 3. The normalized spacial score (nSPS) is 9.94. The van der Waals surface area contributed by atoms with E-state index in [4.69, 9.17) is 4.74 Å². The number of nitro groups is 1. The molecular weight excluding hydrogens is 220 g/mol. The summed E-state index contributed by atoms with van der Waals surface area (Å²) in [5.41, 5.74) is 1.33. The highest BCUT2D eigenvalue weighted by atomic mass is 16.6. The summed E-state index contributed by atoms with van der Waals surface area (Å²) in [6.45, 7) is 0. The lowest BCUT2D eigenvalue weighted by Gasteiger charge is -2.04. The van der Waals surface area contributed by atoms with Crippen LogP contribution in [0.15, 0.2) is 42.6 Å². The van der Waals surface area contributed by atoms with Crippen molar-refractivity contribution in [1.29, 1.82) is 0 Å². The van der Waals surface area contributed by atoms with Crippen LogP contribution >= 0.6 is 0 Å². The van der Waals surface area contributed by atoms with Crippen LogP contribution in [0.5, 0.6) is 5.75 Å². The first-order chi connectivity index (χ1) is 8.22. The smallest absolute Gasteiger partial charge is 0.311 e. The number of pyridine rings is 1. The summed E-state index contributed by atoms with van der Waals surface area (Å²) < 4.78 is 4.94. The Balaban J connectivity index is 2.51. The summed E-state index contributed by atoms with van der Waals surface area (Å²) in [5, 5.41) is 10.9. The minimum atomic E-state index is -0.467. The molecule has 0 amide bonds. The van der Waals surface area contributed by atoms with Crippen LogP contribution in [0.2, 0.25) is 0 Å². The van der Waals surface area contributed by atoms with Crippen LogP contribution in [0, 0.1) is 10.1 Å². The maximum absolute atomic E-state index is 10.9. The van der Waals surface area contributed by atoms with Crippen molar-refractivity contribution < 1.29 is 9.66 Å². The molecule has 5 heteroatoms. The van der Waals surface area contributed by atoms with E-state index in [0.717, 1.165) is 0 Å². The third-order valence-corrected chi connectivity index (χ3v) is 2.34. The molecule has 0 aliphatic carbocycles. The van der Waals surface area contributed by atoms with E-state index in [2.05, 4.69) is 4.98 Å². The quantitative estimate of drug-likeness (QED) is 0.600. The Kier molecular flexibility index (Phi) is 3.00. The van der Waals surface area contributed by atoms with Crippen LogP contribution < -0.4 is 4.74 Å².